The molecule has 0 aromatic carbocycles. The molecule has 0 spiro atoms. The summed E-state index contributed by atoms with van der Waals surface area (Å²) >= 11 is 0. The maximum absolute atomic E-state index is 11.4. The number of rotatable bonds is 17. The number of carbonyl (C=O) groups is 2. The van der Waals surface area contributed by atoms with Crippen molar-refractivity contribution in [2.45, 2.75) is 90.4 Å². The second-order valence-electron chi connectivity index (χ2n) is 6.89. The van der Waals surface area contributed by atoms with E-state index in [4.69, 9.17) is 4.55 Å². The van der Waals surface area contributed by atoms with Gasteiger partial charge in [-0.15, -0.1) is 0 Å². The molecule has 3 N–H and O–H groups in total. The number of aliphatic carboxylic acids is 2. The first-order chi connectivity index (χ1) is 12.7. The Labute approximate surface area is 191 Å². The summed E-state index contributed by atoms with van der Waals surface area (Å²) in [5.74, 6) is -3.22. The van der Waals surface area contributed by atoms with Crippen molar-refractivity contribution in [2.24, 2.45) is 0 Å². The molecule has 160 valence electrons. The van der Waals surface area contributed by atoms with Crippen molar-refractivity contribution in [1.29, 1.82) is 0 Å². The Balaban J connectivity index is 0. The van der Waals surface area contributed by atoms with E-state index in [1.54, 1.807) is 0 Å². The van der Waals surface area contributed by atoms with E-state index in [1.165, 1.54) is 38.5 Å². The molecule has 0 radical (unpaired) electrons. The van der Waals surface area contributed by atoms with Crippen molar-refractivity contribution in [1.82, 2.24) is 0 Å². The average molecular weight is 431 g/mol. The molecule has 28 heavy (non-hydrogen) atoms. The normalized spacial score (nSPS) is 12.2. The number of unbranched alkanes of at least 4 members (excludes halogenated alkanes) is 9. The van der Waals surface area contributed by atoms with Gasteiger partial charge >= 0.3 is 41.5 Å². The third-order valence-corrected chi connectivity index (χ3v) is 5.29. The molecule has 0 bridgehead atoms. The molecule has 0 amide bonds. The van der Waals surface area contributed by atoms with Crippen molar-refractivity contribution >= 4 is 51.6 Å². The molecular weight excluding hydrogens is 395 g/mol. The van der Waals surface area contributed by atoms with Crippen LogP contribution in [0.4, 0.5) is 0 Å². The van der Waals surface area contributed by atoms with Gasteiger partial charge in [0.15, 0.2) is 0 Å². The summed E-state index contributed by atoms with van der Waals surface area (Å²) in [5, 5.41) is 18.6. The summed E-state index contributed by atoms with van der Waals surface area (Å²) in [6, 6.07) is 0. The van der Waals surface area contributed by atoms with Gasteiger partial charge < -0.3 is 10.2 Å². The van der Waals surface area contributed by atoms with Crippen LogP contribution < -0.4 is 0 Å². The Hall–Kier alpha value is -0.410. The van der Waals surface area contributed by atoms with E-state index in [9.17, 15) is 28.2 Å². The first-order valence-corrected chi connectivity index (χ1v) is 11.4. The van der Waals surface area contributed by atoms with Crippen LogP contribution >= 0.6 is 0 Å². The Morgan fingerprint density at radius 1 is 0.679 bits per heavy atom. The fraction of sp³-hybridized carbons (Fsp3) is 0.789. The molecule has 0 aromatic heterocycles. The van der Waals surface area contributed by atoms with Crippen LogP contribution in [-0.4, -0.2) is 70.4 Å². The van der Waals surface area contributed by atoms with Gasteiger partial charge in [0.25, 0.3) is 10.1 Å². The second kappa shape index (κ2) is 17.4. The third kappa shape index (κ3) is 16.5. The van der Waals surface area contributed by atoms with E-state index in [0.717, 1.165) is 19.3 Å². The number of hydrogen-bond acceptors (Lipinski definition) is 4. The maximum atomic E-state index is 11.4. The monoisotopic (exact) mass is 430 g/mol. The van der Waals surface area contributed by atoms with Gasteiger partial charge in [-0.1, -0.05) is 64.7 Å². The first kappa shape index (κ1) is 29.8. The molecule has 0 saturated carbocycles. The zero-order valence-electron chi connectivity index (χ0n) is 16.3. The van der Waals surface area contributed by atoms with E-state index in [-0.39, 0.29) is 60.0 Å². The van der Waals surface area contributed by atoms with Gasteiger partial charge in [-0.05, 0) is 25.7 Å². The van der Waals surface area contributed by atoms with Gasteiger partial charge in [0.1, 0.15) is 0 Å². The molecule has 0 unspecified atom stereocenters. The minimum absolute atomic E-state index is 0. The molecule has 0 saturated heterocycles. The standard InChI is InChI=1S/C19H34O7S.Na.H/c1-2-3-4-5-6-7-8-9-10-11-13-16(18(20)21)17(19(22)23)14-12-15-27(24,25)26;;/h2-15H2,1H3,(H,20,21)(H,22,23)(H,24,25,26);;/b17-16-;;. The van der Waals surface area contributed by atoms with E-state index in [0.29, 0.717) is 6.42 Å². The molecule has 0 atom stereocenters. The fourth-order valence-electron chi connectivity index (χ4n) is 2.99. The molecule has 0 fully saturated rings. The van der Waals surface area contributed by atoms with Crippen molar-refractivity contribution in [2.75, 3.05) is 5.75 Å². The Bertz CT molecular complexity index is 585. The summed E-state index contributed by atoms with van der Waals surface area (Å²) in [7, 11) is -4.19. The van der Waals surface area contributed by atoms with Crippen molar-refractivity contribution in [3.63, 3.8) is 0 Å². The van der Waals surface area contributed by atoms with Crippen LogP contribution in [0.5, 0.6) is 0 Å². The number of carboxylic acid groups (broad SMARTS) is 2. The molecule has 0 heterocycles. The zero-order valence-corrected chi connectivity index (χ0v) is 17.1. The molecular formula is C19H35NaO7S. The van der Waals surface area contributed by atoms with Gasteiger partial charge in [-0.2, -0.15) is 8.42 Å². The van der Waals surface area contributed by atoms with E-state index < -0.39 is 27.8 Å². The van der Waals surface area contributed by atoms with Crippen molar-refractivity contribution in [3.8, 4) is 0 Å². The summed E-state index contributed by atoms with van der Waals surface area (Å²) in [6.07, 6.45) is 10.8. The zero-order chi connectivity index (χ0) is 20.7. The first-order valence-electron chi connectivity index (χ1n) is 9.82. The topological polar surface area (TPSA) is 129 Å². The molecule has 0 aliphatic heterocycles. The third-order valence-electron chi connectivity index (χ3n) is 4.49. The summed E-state index contributed by atoms with van der Waals surface area (Å²) in [4.78, 5) is 22.8. The van der Waals surface area contributed by atoms with Gasteiger partial charge in [0.2, 0.25) is 0 Å². The van der Waals surface area contributed by atoms with Crippen LogP contribution in [-0.2, 0) is 19.7 Å². The van der Waals surface area contributed by atoms with Crippen molar-refractivity contribution < 1.29 is 32.8 Å². The predicted molar refractivity (Wildman–Crippen MR) is 112 cm³/mol. The fourth-order valence-corrected chi connectivity index (χ4v) is 3.50. The minimum atomic E-state index is -4.19. The van der Waals surface area contributed by atoms with E-state index >= 15 is 0 Å². The van der Waals surface area contributed by atoms with Crippen LogP contribution in [0, 0.1) is 0 Å². The Kier molecular flexibility index (Phi) is 18.6. The predicted octanol–water partition coefficient (Wildman–Crippen LogP) is 3.78. The van der Waals surface area contributed by atoms with E-state index in [1.807, 2.05) is 0 Å². The average Bonchev–Trinajstić information content (AvgIpc) is 2.56. The molecule has 0 aliphatic carbocycles. The Morgan fingerprint density at radius 2 is 1.04 bits per heavy atom. The van der Waals surface area contributed by atoms with Crippen LogP contribution in [0.15, 0.2) is 11.1 Å². The number of carboxylic acids is 2. The van der Waals surface area contributed by atoms with Gasteiger partial charge in [0.05, 0.1) is 5.75 Å². The molecule has 0 aromatic rings. The van der Waals surface area contributed by atoms with Crippen LogP contribution in [0.25, 0.3) is 0 Å². The van der Waals surface area contributed by atoms with Crippen LogP contribution in [0.2, 0.25) is 0 Å². The van der Waals surface area contributed by atoms with Gasteiger partial charge in [-0.3, -0.25) is 4.55 Å². The second-order valence-corrected chi connectivity index (χ2v) is 8.46. The summed E-state index contributed by atoms with van der Waals surface area (Å²) in [5.41, 5.74) is -0.445. The summed E-state index contributed by atoms with van der Waals surface area (Å²) < 4.78 is 30.2. The van der Waals surface area contributed by atoms with Gasteiger partial charge in [0, 0.05) is 11.1 Å². The van der Waals surface area contributed by atoms with Crippen LogP contribution in [0.3, 0.4) is 0 Å². The van der Waals surface area contributed by atoms with Crippen LogP contribution in [0.1, 0.15) is 90.4 Å². The number of hydrogen-bond donors (Lipinski definition) is 3. The Morgan fingerprint density at radius 3 is 1.39 bits per heavy atom. The molecule has 0 rings (SSSR count). The van der Waals surface area contributed by atoms with Crippen molar-refractivity contribution in [3.05, 3.63) is 11.1 Å². The quantitative estimate of drug-likeness (QED) is 0.139. The molecule has 0 aliphatic rings. The summed E-state index contributed by atoms with van der Waals surface area (Å²) in [6.45, 7) is 2.18. The molecule has 9 heteroatoms. The molecule has 7 nitrogen and oxygen atoms in total. The van der Waals surface area contributed by atoms with E-state index in [2.05, 4.69) is 6.92 Å². The van der Waals surface area contributed by atoms with Gasteiger partial charge in [-0.25, -0.2) is 9.59 Å². The SMILES string of the molecule is CCCCCCCCCCCC/C(C(=O)O)=C(\CCCS(=O)(=O)O)C(=O)O.[NaH].